The van der Waals surface area contributed by atoms with Gasteiger partial charge in [0.15, 0.2) is 9.84 Å². The molecule has 2 rings (SSSR count). The van der Waals surface area contributed by atoms with E-state index in [4.69, 9.17) is 0 Å². The summed E-state index contributed by atoms with van der Waals surface area (Å²) in [6, 6.07) is 15.5. The molecule has 4 heteroatoms. The fourth-order valence-electron chi connectivity index (χ4n) is 2.36. The van der Waals surface area contributed by atoms with E-state index in [1.165, 1.54) is 6.08 Å². The summed E-state index contributed by atoms with van der Waals surface area (Å²) in [6.45, 7) is 5.52. The number of aryl methyl sites for hydroxylation is 1. The lowest BCUT2D eigenvalue weighted by molar-refractivity contribution is 0.171. The summed E-state index contributed by atoms with van der Waals surface area (Å²) in [7, 11) is -3.65. The second-order valence-corrected chi connectivity index (χ2v) is 7.44. The number of sulfone groups is 1. The molecule has 0 fully saturated rings. The first-order valence-corrected chi connectivity index (χ1v) is 8.66. The number of aliphatic hydroxyl groups excluding tert-OH is 1. The van der Waals surface area contributed by atoms with E-state index in [9.17, 15) is 13.5 Å². The summed E-state index contributed by atoms with van der Waals surface area (Å²) >= 11 is 0. The maximum atomic E-state index is 12.8. The largest absolute Gasteiger partial charge is 0.387 e. The highest BCUT2D eigenvalue weighted by Gasteiger charge is 2.33. The highest BCUT2D eigenvalue weighted by Crippen LogP contribution is 2.29. The van der Waals surface area contributed by atoms with Crippen LogP contribution >= 0.6 is 0 Å². The van der Waals surface area contributed by atoms with Crippen LogP contribution in [0.5, 0.6) is 0 Å². The third kappa shape index (κ3) is 3.46. The maximum Gasteiger partial charge on any atom is 0.184 e. The van der Waals surface area contributed by atoms with Gasteiger partial charge in [-0.05, 0) is 31.0 Å². The van der Waals surface area contributed by atoms with Crippen LogP contribution in [0.3, 0.4) is 0 Å². The molecule has 22 heavy (non-hydrogen) atoms. The monoisotopic (exact) mass is 316 g/mol. The lowest BCUT2D eigenvalue weighted by atomic mass is 10.0. The van der Waals surface area contributed by atoms with Gasteiger partial charge < -0.3 is 5.11 Å². The molecular formula is C18H20O3S. The molecule has 0 radical (unpaired) electrons. The average Bonchev–Trinajstić information content (AvgIpc) is 2.53. The molecule has 0 spiro atoms. The molecule has 0 aliphatic heterocycles. The lowest BCUT2D eigenvalue weighted by Crippen LogP contribution is -2.28. The first kappa shape index (κ1) is 16.5. The van der Waals surface area contributed by atoms with E-state index in [0.29, 0.717) is 5.56 Å². The van der Waals surface area contributed by atoms with Crippen molar-refractivity contribution in [2.75, 3.05) is 0 Å². The van der Waals surface area contributed by atoms with Gasteiger partial charge in [-0.25, -0.2) is 8.42 Å². The molecule has 0 aromatic heterocycles. The van der Waals surface area contributed by atoms with Crippen LogP contribution in [0.15, 0.2) is 72.1 Å². The Morgan fingerprint density at radius 3 is 2.23 bits per heavy atom. The number of rotatable bonds is 6. The van der Waals surface area contributed by atoms with Crippen molar-refractivity contribution >= 4 is 9.84 Å². The maximum absolute atomic E-state index is 12.8. The predicted molar refractivity (Wildman–Crippen MR) is 88.4 cm³/mol. The third-order valence-corrected chi connectivity index (χ3v) is 5.82. The first-order chi connectivity index (χ1) is 10.5. The molecule has 116 valence electrons. The van der Waals surface area contributed by atoms with Gasteiger partial charge in [-0.2, -0.15) is 0 Å². The molecule has 0 bridgehead atoms. The van der Waals surface area contributed by atoms with Gasteiger partial charge in [0.25, 0.3) is 0 Å². The topological polar surface area (TPSA) is 54.4 Å². The van der Waals surface area contributed by atoms with E-state index < -0.39 is 21.2 Å². The van der Waals surface area contributed by atoms with E-state index in [-0.39, 0.29) is 11.3 Å². The van der Waals surface area contributed by atoms with Gasteiger partial charge in [-0.3, -0.25) is 0 Å². The fourth-order valence-corrected chi connectivity index (χ4v) is 4.11. The van der Waals surface area contributed by atoms with E-state index in [1.807, 2.05) is 13.0 Å². The Hall–Kier alpha value is -1.91. The van der Waals surface area contributed by atoms with Gasteiger partial charge >= 0.3 is 0 Å². The Labute approximate surface area is 131 Å². The predicted octanol–water partition coefficient (Wildman–Crippen LogP) is 3.45. The van der Waals surface area contributed by atoms with Crippen LogP contribution in [-0.2, 0) is 9.84 Å². The second kappa shape index (κ2) is 6.90. The minimum absolute atomic E-state index is 0.187. The quantitative estimate of drug-likeness (QED) is 0.831. The minimum Gasteiger partial charge on any atom is -0.387 e. The standard InChI is InChI=1S/C18H20O3S/c1-3-7-17(18(19)15-8-5-4-6-9-15)22(20,21)16-12-10-14(2)11-13-16/h3-6,8-13,17-19H,1,7H2,2H3/t17-,18-/m0/s1. The molecular weight excluding hydrogens is 296 g/mol. The number of hydrogen-bond acceptors (Lipinski definition) is 3. The van der Waals surface area contributed by atoms with Crippen molar-refractivity contribution in [3.8, 4) is 0 Å². The Bertz CT molecular complexity index is 719. The Morgan fingerprint density at radius 1 is 1.09 bits per heavy atom. The molecule has 2 aromatic rings. The van der Waals surface area contributed by atoms with Crippen molar-refractivity contribution in [2.24, 2.45) is 0 Å². The van der Waals surface area contributed by atoms with Crippen LogP contribution in [0.25, 0.3) is 0 Å². The van der Waals surface area contributed by atoms with Crippen molar-refractivity contribution < 1.29 is 13.5 Å². The number of benzene rings is 2. The second-order valence-electron chi connectivity index (χ2n) is 5.28. The zero-order valence-corrected chi connectivity index (χ0v) is 13.3. The van der Waals surface area contributed by atoms with Crippen LogP contribution in [0.1, 0.15) is 23.7 Å². The zero-order valence-electron chi connectivity index (χ0n) is 12.5. The van der Waals surface area contributed by atoms with Crippen molar-refractivity contribution in [3.05, 3.63) is 78.4 Å². The summed E-state index contributed by atoms with van der Waals surface area (Å²) in [5, 5.41) is 9.59. The van der Waals surface area contributed by atoms with Crippen LogP contribution in [0.4, 0.5) is 0 Å². The SMILES string of the molecule is C=CC[C@@H]([C@@H](O)c1ccccc1)S(=O)(=O)c1ccc(C)cc1. The van der Waals surface area contributed by atoms with Crippen molar-refractivity contribution in [2.45, 2.75) is 29.6 Å². The zero-order chi connectivity index (χ0) is 16.2. The number of aliphatic hydroxyl groups is 1. The van der Waals surface area contributed by atoms with E-state index in [0.717, 1.165) is 5.56 Å². The minimum atomic E-state index is -3.65. The van der Waals surface area contributed by atoms with Crippen molar-refractivity contribution in [1.82, 2.24) is 0 Å². The summed E-state index contributed by atoms with van der Waals surface area (Å²) < 4.78 is 25.7. The molecule has 0 aliphatic rings. The van der Waals surface area contributed by atoms with Gasteiger partial charge in [0.1, 0.15) is 0 Å². The average molecular weight is 316 g/mol. The molecule has 0 saturated carbocycles. The fraction of sp³-hybridized carbons (Fsp3) is 0.222. The Kier molecular flexibility index (Phi) is 5.16. The number of hydrogen-bond donors (Lipinski definition) is 1. The van der Waals surface area contributed by atoms with Crippen molar-refractivity contribution in [3.63, 3.8) is 0 Å². The van der Waals surface area contributed by atoms with Crippen LogP contribution < -0.4 is 0 Å². The molecule has 0 aliphatic carbocycles. The molecule has 0 unspecified atom stereocenters. The van der Waals surface area contributed by atoms with E-state index in [1.54, 1.807) is 48.5 Å². The summed E-state index contributed by atoms with van der Waals surface area (Å²) in [5.41, 5.74) is 1.58. The van der Waals surface area contributed by atoms with Gasteiger partial charge in [-0.15, -0.1) is 6.58 Å². The number of allylic oxidation sites excluding steroid dienone is 1. The Morgan fingerprint density at radius 2 is 1.68 bits per heavy atom. The molecule has 1 N–H and O–H groups in total. The van der Waals surface area contributed by atoms with Gasteiger partial charge in [0.2, 0.25) is 0 Å². The molecule has 2 atom stereocenters. The van der Waals surface area contributed by atoms with Gasteiger partial charge in [-0.1, -0.05) is 54.1 Å². The Balaban J connectivity index is 2.42. The van der Waals surface area contributed by atoms with E-state index >= 15 is 0 Å². The first-order valence-electron chi connectivity index (χ1n) is 7.11. The summed E-state index contributed by atoms with van der Waals surface area (Å²) in [6.07, 6.45) is 0.625. The molecule has 0 amide bonds. The summed E-state index contributed by atoms with van der Waals surface area (Å²) in [5.74, 6) is 0. The van der Waals surface area contributed by atoms with Crippen LogP contribution in [0, 0.1) is 6.92 Å². The molecule has 2 aromatic carbocycles. The van der Waals surface area contributed by atoms with Crippen molar-refractivity contribution in [1.29, 1.82) is 0 Å². The normalized spacial score (nSPS) is 14.3. The summed E-state index contributed by atoms with van der Waals surface area (Å²) in [4.78, 5) is 0.222. The van der Waals surface area contributed by atoms with E-state index in [2.05, 4.69) is 6.58 Å². The lowest BCUT2D eigenvalue weighted by Gasteiger charge is -2.22. The molecule has 3 nitrogen and oxygen atoms in total. The highest BCUT2D eigenvalue weighted by molar-refractivity contribution is 7.92. The van der Waals surface area contributed by atoms with Gasteiger partial charge in [0, 0.05) is 0 Å². The van der Waals surface area contributed by atoms with Gasteiger partial charge in [0.05, 0.1) is 16.2 Å². The molecule has 0 heterocycles. The highest BCUT2D eigenvalue weighted by atomic mass is 32.2. The smallest absolute Gasteiger partial charge is 0.184 e. The third-order valence-electron chi connectivity index (χ3n) is 3.64. The van der Waals surface area contributed by atoms with Crippen LogP contribution in [0.2, 0.25) is 0 Å². The molecule has 0 saturated heterocycles. The van der Waals surface area contributed by atoms with Crippen LogP contribution in [-0.4, -0.2) is 18.8 Å².